The number of halogens is 1. The Hall–Kier alpha value is -3.18. The first-order valence-electron chi connectivity index (χ1n) is 7.18. The van der Waals surface area contributed by atoms with Gasteiger partial charge >= 0.3 is 0 Å². The van der Waals surface area contributed by atoms with Crippen LogP contribution in [0.5, 0.6) is 0 Å². The molecule has 3 aromatic rings. The third-order valence-electron chi connectivity index (χ3n) is 3.34. The van der Waals surface area contributed by atoms with Crippen molar-refractivity contribution in [1.29, 1.82) is 0 Å². The van der Waals surface area contributed by atoms with Gasteiger partial charge in [-0.3, -0.25) is 10.1 Å². The Morgan fingerprint density at radius 3 is 2.69 bits per heavy atom. The SMILES string of the molecule is O=[N+]([O-])c1cccc(S(=O)(=O)NCc2nc(-c3ccccc3F)no2)c1. The fourth-order valence-corrected chi connectivity index (χ4v) is 3.10. The van der Waals surface area contributed by atoms with Gasteiger partial charge in [0, 0.05) is 12.1 Å². The molecule has 0 saturated carbocycles. The summed E-state index contributed by atoms with van der Waals surface area (Å²) in [5, 5.41) is 14.4. The standard InChI is InChI=1S/C15H11FN4O5S/c16-13-7-2-1-6-12(13)15-18-14(25-19-15)9-17-26(23,24)11-5-3-4-10(8-11)20(21)22/h1-8,17H,9H2. The van der Waals surface area contributed by atoms with E-state index in [1.807, 2.05) is 0 Å². The summed E-state index contributed by atoms with van der Waals surface area (Å²) in [5.74, 6) is -0.651. The molecule has 0 aliphatic carbocycles. The smallest absolute Gasteiger partial charge is 0.270 e. The van der Waals surface area contributed by atoms with Crippen LogP contribution in [0, 0.1) is 15.9 Å². The van der Waals surface area contributed by atoms with Gasteiger partial charge in [-0.05, 0) is 18.2 Å². The Morgan fingerprint density at radius 2 is 1.96 bits per heavy atom. The van der Waals surface area contributed by atoms with Gasteiger partial charge < -0.3 is 4.52 Å². The van der Waals surface area contributed by atoms with Gasteiger partial charge in [0.1, 0.15) is 5.82 Å². The lowest BCUT2D eigenvalue weighted by molar-refractivity contribution is -0.385. The summed E-state index contributed by atoms with van der Waals surface area (Å²) in [6, 6.07) is 10.4. The predicted octanol–water partition coefficient (Wildman–Crippen LogP) is 2.26. The second-order valence-corrected chi connectivity index (χ2v) is 6.84. The molecule has 11 heteroatoms. The van der Waals surface area contributed by atoms with Gasteiger partial charge in [0.15, 0.2) is 0 Å². The molecule has 9 nitrogen and oxygen atoms in total. The van der Waals surface area contributed by atoms with Crippen LogP contribution in [0.15, 0.2) is 57.9 Å². The number of benzene rings is 2. The zero-order chi connectivity index (χ0) is 18.7. The highest BCUT2D eigenvalue weighted by molar-refractivity contribution is 7.89. The fourth-order valence-electron chi connectivity index (χ4n) is 2.08. The predicted molar refractivity (Wildman–Crippen MR) is 86.8 cm³/mol. The van der Waals surface area contributed by atoms with E-state index in [4.69, 9.17) is 4.52 Å². The van der Waals surface area contributed by atoms with Crippen LogP contribution in [0.4, 0.5) is 10.1 Å². The van der Waals surface area contributed by atoms with Crippen molar-refractivity contribution >= 4 is 15.7 Å². The maximum absolute atomic E-state index is 13.7. The van der Waals surface area contributed by atoms with Crippen molar-refractivity contribution in [1.82, 2.24) is 14.9 Å². The van der Waals surface area contributed by atoms with Crippen LogP contribution in [0.2, 0.25) is 0 Å². The van der Waals surface area contributed by atoms with Crippen molar-refractivity contribution in [3.8, 4) is 11.4 Å². The maximum Gasteiger partial charge on any atom is 0.270 e. The second-order valence-electron chi connectivity index (χ2n) is 5.07. The van der Waals surface area contributed by atoms with E-state index in [-0.39, 0.29) is 34.4 Å². The summed E-state index contributed by atoms with van der Waals surface area (Å²) in [6.07, 6.45) is 0. The van der Waals surface area contributed by atoms with Crippen LogP contribution in [0.3, 0.4) is 0 Å². The van der Waals surface area contributed by atoms with Gasteiger partial charge in [0.25, 0.3) is 5.69 Å². The average molecular weight is 378 g/mol. The molecule has 1 aromatic heterocycles. The molecule has 3 rings (SSSR count). The van der Waals surface area contributed by atoms with Crippen molar-refractivity contribution in [2.45, 2.75) is 11.4 Å². The van der Waals surface area contributed by atoms with Gasteiger partial charge in [-0.2, -0.15) is 4.98 Å². The van der Waals surface area contributed by atoms with Crippen LogP contribution >= 0.6 is 0 Å². The highest BCUT2D eigenvalue weighted by Gasteiger charge is 2.19. The molecule has 0 saturated heterocycles. The first kappa shape index (κ1) is 17.6. The molecular weight excluding hydrogens is 367 g/mol. The van der Waals surface area contributed by atoms with E-state index in [1.165, 1.54) is 36.4 Å². The minimum Gasteiger partial charge on any atom is -0.338 e. The molecule has 26 heavy (non-hydrogen) atoms. The number of hydrogen-bond acceptors (Lipinski definition) is 7. The minimum absolute atomic E-state index is 0.0207. The molecule has 2 aromatic carbocycles. The average Bonchev–Trinajstić information content (AvgIpc) is 3.09. The van der Waals surface area contributed by atoms with E-state index in [9.17, 15) is 22.9 Å². The largest absolute Gasteiger partial charge is 0.338 e. The van der Waals surface area contributed by atoms with Gasteiger partial charge in [0.2, 0.25) is 21.7 Å². The molecule has 1 N–H and O–H groups in total. The van der Waals surface area contributed by atoms with Crippen LogP contribution in [-0.2, 0) is 16.6 Å². The van der Waals surface area contributed by atoms with Gasteiger partial charge in [-0.1, -0.05) is 23.4 Å². The van der Waals surface area contributed by atoms with E-state index in [0.717, 1.165) is 6.07 Å². The van der Waals surface area contributed by atoms with Crippen LogP contribution in [-0.4, -0.2) is 23.5 Å². The van der Waals surface area contributed by atoms with Crippen molar-refractivity contribution in [3.63, 3.8) is 0 Å². The Labute approximate surface area is 146 Å². The minimum atomic E-state index is -4.03. The number of nitro groups is 1. The van der Waals surface area contributed by atoms with E-state index >= 15 is 0 Å². The number of sulfonamides is 1. The number of nitrogens with one attached hydrogen (secondary N) is 1. The number of hydrogen-bond donors (Lipinski definition) is 1. The summed E-state index contributed by atoms with van der Waals surface area (Å²) >= 11 is 0. The Kier molecular flexibility index (Phi) is 4.73. The van der Waals surface area contributed by atoms with E-state index < -0.39 is 20.8 Å². The molecule has 1 heterocycles. The molecular formula is C15H11FN4O5S. The number of rotatable bonds is 6. The first-order valence-corrected chi connectivity index (χ1v) is 8.67. The van der Waals surface area contributed by atoms with Crippen molar-refractivity contribution < 1.29 is 22.3 Å². The van der Waals surface area contributed by atoms with Gasteiger partial charge in [0.05, 0.1) is 21.9 Å². The Bertz CT molecular complexity index is 1070. The molecule has 0 radical (unpaired) electrons. The highest BCUT2D eigenvalue weighted by Crippen LogP contribution is 2.20. The van der Waals surface area contributed by atoms with Crippen molar-refractivity contribution in [3.05, 3.63) is 70.4 Å². The summed E-state index contributed by atoms with van der Waals surface area (Å²) in [4.78, 5) is 13.7. The quantitative estimate of drug-likeness (QED) is 0.514. The van der Waals surface area contributed by atoms with Crippen molar-refractivity contribution in [2.24, 2.45) is 0 Å². The van der Waals surface area contributed by atoms with Gasteiger partial charge in [-0.25, -0.2) is 17.5 Å². The normalized spacial score (nSPS) is 11.4. The summed E-state index contributed by atoms with van der Waals surface area (Å²) in [5.41, 5.74) is -0.239. The molecule has 0 spiro atoms. The lowest BCUT2D eigenvalue weighted by Crippen LogP contribution is -2.23. The number of aromatic nitrogens is 2. The molecule has 0 amide bonds. The van der Waals surface area contributed by atoms with E-state index in [1.54, 1.807) is 6.07 Å². The zero-order valence-corrected chi connectivity index (χ0v) is 13.8. The molecule has 0 fully saturated rings. The number of non-ortho nitro benzene ring substituents is 1. The third-order valence-corrected chi connectivity index (χ3v) is 4.73. The molecule has 0 bridgehead atoms. The second kappa shape index (κ2) is 6.98. The zero-order valence-electron chi connectivity index (χ0n) is 13.0. The van der Waals surface area contributed by atoms with Crippen molar-refractivity contribution in [2.75, 3.05) is 0 Å². The summed E-state index contributed by atoms with van der Waals surface area (Å²) in [7, 11) is -4.03. The van der Waals surface area contributed by atoms with E-state index in [2.05, 4.69) is 14.9 Å². The van der Waals surface area contributed by atoms with E-state index in [0.29, 0.717) is 0 Å². The molecule has 0 aliphatic rings. The number of nitrogens with zero attached hydrogens (tertiary/aromatic N) is 3. The maximum atomic E-state index is 13.7. The van der Waals surface area contributed by atoms with Gasteiger partial charge in [-0.15, -0.1) is 0 Å². The summed E-state index contributed by atoms with van der Waals surface area (Å²) < 4.78 is 45.3. The molecule has 0 aliphatic heterocycles. The first-order chi connectivity index (χ1) is 12.4. The lowest BCUT2D eigenvalue weighted by Gasteiger charge is -2.04. The van der Waals surface area contributed by atoms with Crippen LogP contribution in [0.1, 0.15) is 5.89 Å². The highest BCUT2D eigenvalue weighted by atomic mass is 32.2. The number of nitro benzene ring substituents is 1. The molecule has 134 valence electrons. The molecule has 0 unspecified atom stereocenters. The fraction of sp³-hybridized carbons (Fsp3) is 0.0667. The third kappa shape index (κ3) is 3.73. The topological polar surface area (TPSA) is 128 Å². The molecule has 0 atom stereocenters. The van der Waals surface area contributed by atoms with Crippen LogP contribution in [0.25, 0.3) is 11.4 Å². The summed E-state index contributed by atoms with van der Waals surface area (Å²) in [6.45, 7) is -0.355. The lowest BCUT2D eigenvalue weighted by atomic mass is 10.2. The monoisotopic (exact) mass is 378 g/mol. The Morgan fingerprint density at radius 1 is 1.19 bits per heavy atom. The van der Waals surface area contributed by atoms with Crippen LogP contribution < -0.4 is 4.72 Å². The Balaban J connectivity index is 1.76.